The van der Waals surface area contributed by atoms with Gasteiger partial charge in [-0.1, -0.05) is 35.3 Å². The zero-order chi connectivity index (χ0) is 33.9. The minimum Gasteiger partial charge on any atom is -0.489 e. The minimum atomic E-state index is -4.21. The lowest BCUT2D eigenvalue weighted by atomic mass is 10.0. The van der Waals surface area contributed by atoms with Gasteiger partial charge in [0.05, 0.1) is 11.5 Å². The number of nitrogens with one attached hydrogen (secondary N) is 1. The Morgan fingerprint density at radius 3 is 2.43 bits per heavy atom. The number of nitrogens with zero attached hydrogens (tertiary/aromatic N) is 2. The molecule has 0 bridgehead atoms. The van der Waals surface area contributed by atoms with E-state index < -0.39 is 34.7 Å². The van der Waals surface area contributed by atoms with Crippen molar-refractivity contribution in [1.82, 2.24) is 9.21 Å². The lowest BCUT2D eigenvalue weighted by Crippen LogP contribution is -2.42. The fraction of sp³-hybridized carbons (Fsp3) is 0.406. The third-order valence-corrected chi connectivity index (χ3v) is 10.5. The van der Waals surface area contributed by atoms with Gasteiger partial charge >= 0.3 is 12.6 Å². The predicted octanol–water partition coefficient (Wildman–Crippen LogP) is 5.58. The summed E-state index contributed by atoms with van der Waals surface area (Å²) in [4.78, 5) is 30.4. The molecule has 10 nitrogen and oxygen atoms in total. The first-order chi connectivity index (χ1) is 22.3. The molecule has 0 unspecified atom stereocenters. The van der Waals surface area contributed by atoms with Gasteiger partial charge in [-0.2, -0.15) is 13.1 Å². The Balaban J connectivity index is 1.46. The van der Waals surface area contributed by atoms with Crippen LogP contribution in [0.25, 0.3) is 0 Å². The Morgan fingerprint density at radius 1 is 1.04 bits per heavy atom. The van der Waals surface area contributed by atoms with Gasteiger partial charge in [0.1, 0.15) is 22.2 Å². The number of pyridine rings is 1. The SMILES string of the molecule is CN(C)C(=O)c1cccc(S(=O)(=O)N2CCC[C@H]2C(=O)O[C@@H](Cc2c(Cl)c[nH+]cc2Cl)c2ccc(OC(F)F)c(OCC3CC3)c2)c1. The molecule has 2 heterocycles. The first kappa shape index (κ1) is 34.8. The number of H-pyrrole nitrogens is 1. The number of carbonyl (C=O) groups excluding carboxylic acids is 2. The molecule has 2 aliphatic rings. The largest absolute Gasteiger partial charge is 0.489 e. The van der Waals surface area contributed by atoms with Crippen LogP contribution in [-0.4, -0.2) is 69.4 Å². The number of aromatic amines is 1. The lowest BCUT2D eigenvalue weighted by Gasteiger charge is -2.26. The van der Waals surface area contributed by atoms with Crippen LogP contribution in [0.4, 0.5) is 8.78 Å². The summed E-state index contributed by atoms with van der Waals surface area (Å²) in [6.07, 6.45) is 4.43. The third-order valence-electron chi connectivity index (χ3n) is 7.94. The van der Waals surface area contributed by atoms with Gasteiger partial charge in [0.25, 0.3) is 5.91 Å². The first-order valence-electron chi connectivity index (χ1n) is 14.9. The van der Waals surface area contributed by atoms with Crippen LogP contribution in [-0.2, 0) is 26.0 Å². The number of hydrogen-bond acceptors (Lipinski definition) is 7. The van der Waals surface area contributed by atoms with Gasteiger partial charge in [-0.05, 0) is 67.5 Å². The first-order valence-corrected chi connectivity index (χ1v) is 17.1. The van der Waals surface area contributed by atoms with Crippen LogP contribution in [0.5, 0.6) is 11.5 Å². The molecule has 1 aromatic heterocycles. The van der Waals surface area contributed by atoms with Crippen LogP contribution in [0.2, 0.25) is 10.0 Å². The van der Waals surface area contributed by atoms with Gasteiger partial charge in [0, 0.05) is 38.2 Å². The van der Waals surface area contributed by atoms with Crippen LogP contribution in [0.3, 0.4) is 0 Å². The molecule has 47 heavy (non-hydrogen) atoms. The molecule has 1 aliphatic carbocycles. The van der Waals surface area contributed by atoms with Crippen molar-refractivity contribution >= 4 is 45.1 Å². The maximum Gasteiger partial charge on any atom is 0.387 e. The van der Waals surface area contributed by atoms with E-state index in [0.29, 0.717) is 30.1 Å². The second-order valence-electron chi connectivity index (χ2n) is 11.6. The Bertz CT molecular complexity index is 1720. The summed E-state index contributed by atoms with van der Waals surface area (Å²) in [6.45, 7) is -2.73. The molecule has 1 aliphatic heterocycles. The van der Waals surface area contributed by atoms with Crippen molar-refractivity contribution in [3.05, 3.63) is 81.6 Å². The Kier molecular flexibility index (Phi) is 10.9. The van der Waals surface area contributed by atoms with Crippen LogP contribution >= 0.6 is 23.2 Å². The molecule has 2 atom stereocenters. The predicted molar refractivity (Wildman–Crippen MR) is 168 cm³/mol. The summed E-state index contributed by atoms with van der Waals surface area (Å²) >= 11 is 12.9. The second kappa shape index (κ2) is 14.7. The average molecular weight is 714 g/mol. The normalized spacial score (nSPS) is 17.4. The lowest BCUT2D eigenvalue weighted by molar-refractivity contribution is -0.377. The fourth-order valence-electron chi connectivity index (χ4n) is 5.27. The van der Waals surface area contributed by atoms with E-state index in [1.165, 1.54) is 59.8 Å². The molecule has 0 radical (unpaired) electrons. The van der Waals surface area contributed by atoms with E-state index in [2.05, 4.69) is 9.72 Å². The number of rotatable bonds is 13. The molecule has 5 rings (SSSR count). The number of halogens is 4. The Morgan fingerprint density at radius 2 is 1.77 bits per heavy atom. The van der Waals surface area contributed by atoms with Crippen LogP contribution < -0.4 is 14.5 Å². The average Bonchev–Trinajstić information content (AvgIpc) is 3.72. The number of sulfonamides is 1. The van der Waals surface area contributed by atoms with Crippen LogP contribution in [0.1, 0.15) is 53.3 Å². The van der Waals surface area contributed by atoms with E-state index in [-0.39, 0.29) is 57.3 Å². The van der Waals surface area contributed by atoms with Crippen molar-refractivity contribution < 1.29 is 46.0 Å². The molecular weight excluding hydrogens is 679 g/mol. The monoisotopic (exact) mass is 712 g/mol. The number of benzene rings is 2. The highest BCUT2D eigenvalue weighted by atomic mass is 35.5. The highest BCUT2D eigenvalue weighted by Crippen LogP contribution is 2.38. The summed E-state index contributed by atoms with van der Waals surface area (Å²) in [6, 6.07) is 8.70. The molecule has 2 aromatic carbocycles. The second-order valence-corrected chi connectivity index (χ2v) is 14.3. The number of hydrogen-bond donors (Lipinski definition) is 0. The number of amides is 1. The quantitative estimate of drug-likeness (QED) is 0.213. The summed E-state index contributed by atoms with van der Waals surface area (Å²) in [7, 11) is -1.10. The van der Waals surface area contributed by atoms with Crippen molar-refractivity contribution in [2.45, 2.75) is 55.8 Å². The molecule has 252 valence electrons. The number of esters is 1. The maximum atomic E-state index is 13.8. The maximum absolute atomic E-state index is 13.8. The van der Waals surface area contributed by atoms with Gasteiger partial charge in [0.2, 0.25) is 10.0 Å². The van der Waals surface area contributed by atoms with Crippen LogP contribution in [0, 0.1) is 5.92 Å². The van der Waals surface area contributed by atoms with Crippen molar-refractivity contribution in [2.24, 2.45) is 5.92 Å². The molecule has 0 spiro atoms. The molecule has 2 fully saturated rings. The minimum absolute atomic E-state index is 0.0244. The van der Waals surface area contributed by atoms with E-state index in [1.807, 2.05) is 0 Å². The summed E-state index contributed by atoms with van der Waals surface area (Å²) in [5.74, 6) is -1.01. The summed E-state index contributed by atoms with van der Waals surface area (Å²) < 4.78 is 71.6. The third kappa shape index (κ3) is 8.32. The molecule has 1 N–H and O–H groups in total. The molecule has 1 amide bonds. The summed E-state index contributed by atoms with van der Waals surface area (Å²) in [5.41, 5.74) is 0.992. The topological polar surface area (TPSA) is 117 Å². The van der Waals surface area contributed by atoms with Crippen molar-refractivity contribution in [1.29, 1.82) is 0 Å². The van der Waals surface area contributed by atoms with E-state index in [1.54, 1.807) is 14.1 Å². The number of alkyl halides is 2. The van der Waals surface area contributed by atoms with Gasteiger partial charge < -0.3 is 19.1 Å². The van der Waals surface area contributed by atoms with E-state index >= 15 is 0 Å². The number of ether oxygens (including phenoxy) is 3. The summed E-state index contributed by atoms with van der Waals surface area (Å²) in [5, 5.41) is 0.525. The van der Waals surface area contributed by atoms with Gasteiger partial charge in [-0.3, -0.25) is 9.59 Å². The van der Waals surface area contributed by atoms with Crippen LogP contribution in [0.15, 0.2) is 59.8 Å². The van der Waals surface area contributed by atoms with Gasteiger partial charge in [-0.25, -0.2) is 13.4 Å². The highest BCUT2D eigenvalue weighted by Gasteiger charge is 2.42. The zero-order valence-electron chi connectivity index (χ0n) is 25.6. The van der Waals surface area contributed by atoms with E-state index in [0.717, 1.165) is 17.1 Å². The van der Waals surface area contributed by atoms with Gasteiger partial charge in [-0.15, -0.1) is 0 Å². The molecular formula is C32H34Cl2F2N3O7S+. The standard InChI is InChI=1S/C32H33Cl2F2N3O7S/c1-38(2)30(40)21-5-3-6-22(13-21)47(42,43)39-12-4-7-26(39)31(41)45-28(15-23-24(33)16-37-17-25(23)34)20-10-11-27(46-32(35)36)29(14-20)44-18-19-8-9-19/h3,5-6,10-11,13-14,16-17,19,26,28,32H,4,7-9,12,15,18H2,1-2H3/p+1/t26-,28-/m0/s1. The van der Waals surface area contributed by atoms with E-state index in [9.17, 15) is 26.8 Å². The molecule has 15 heteroatoms. The van der Waals surface area contributed by atoms with Crippen molar-refractivity contribution in [3.63, 3.8) is 0 Å². The molecule has 1 saturated carbocycles. The van der Waals surface area contributed by atoms with E-state index in [4.69, 9.17) is 32.7 Å². The highest BCUT2D eigenvalue weighted by molar-refractivity contribution is 7.89. The van der Waals surface area contributed by atoms with Gasteiger partial charge in [0.15, 0.2) is 23.9 Å². The molecule has 1 saturated heterocycles. The fourth-order valence-corrected chi connectivity index (χ4v) is 7.50. The smallest absolute Gasteiger partial charge is 0.387 e. The molecule has 3 aromatic rings. The Labute approximate surface area is 281 Å². The van der Waals surface area contributed by atoms with Crippen molar-refractivity contribution in [2.75, 3.05) is 27.2 Å². The number of aromatic nitrogens is 1. The number of carbonyl (C=O) groups is 2. The van der Waals surface area contributed by atoms with Crippen molar-refractivity contribution in [3.8, 4) is 11.5 Å². The Hall–Kier alpha value is -3.52. The zero-order valence-corrected chi connectivity index (χ0v) is 28.0.